The van der Waals surface area contributed by atoms with Crippen molar-refractivity contribution >= 4 is 5.91 Å². The molecule has 0 saturated carbocycles. The van der Waals surface area contributed by atoms with E-state index in [2.05, 4.69) is 50.4 Å². The van der Waals surface area contributed by atoms with Crippen LogP contribution in [0.1, 0.15) is 49.8 Å². The highest BCUT2D eigenvalue weighted by Crippen LogP contribution is 2.24. The van der Waals surface area contributed by atoms with Gasteiger partial charge in [-0.1, -0.05) is 81.8 Å². The van der Waals surface area contributed by atoms with E-state index < -0.39 is 0 Å². The average molecular weight is 323 g/mol. The zero-order valence-electron chi connectivity index (χ0n) is 15.1. The fraction of sp³-hybridized carbons (Fsp3) is 0.409. The van der Waals surface area contributed by atoms with E-state index in [1.807, 2.05) is 30.3 Å². The van der Waals surface area contributed by atoms with Gasteiger partial charge in [0.15, 0.2) is 0 Å². The smallest absolute Gasteiger partial charge is 0.227 e. The first kappa shape index (κ1) is 18.3. The molecule has 1 amide bonds. The zero-order chi connectivity index (χ0) is 17.4. The van der Waals surface area contributed by atoms with Crippen molar-refractivity contribution < 1.29 is 4.79 Å². The second-order valence-corrected chi connectivity index (χ2v) is 6.74. The van der Waals surface area contributed by atoms with Gasteiger partial charge in [-0.05, 0) is 35.4 Å². The zero-order valence-corrected chi connectivity index (χ0v) is 15.1. The monoisotopic (exact) mass is 323 g/mol. The molecule has 0 fully saturated rings. The van der Waals surface area contributed by atoms with Crippen molar-refractivity contribution in [3.63, 3.8) is 0 Å². The summed E-state index contributed by atoms with van der Waals surface area (Å²) < 4.78 is 0. The lowest BCUT2D eigenvalue weighted by atomic mass is 9.87. The van der Waals surface area contributed by atoms with Crippen LogP contribution < -0.4 is 5.32 Å². The molecular formula is C22H29NO. The molecule has 0 aliphatic heterocycles. The summed E-state index contributed by atoms with van der Waals surface area (Å²) in [6.07, 6.45) is 3.17. The van der Waals surface area contributed by atoms with Crippen LogP contribution in [-0.2, 0) is 17.6 Å². The van der Waals surface area contributed by atoms with Crippen LogP contribution in [0.3, 0.4) is 0 Å². The van der Waals surface area contributed by atoms with Crippen molar-refractivity contribution in [1.29, 1.82) is 0 Å². The van der Waals surface area contributed by atoms with Crippen LogP contribution in [0.4, 0.5) is 0 Å². The maximum atomic E-state index is 12.6. The molecule has 0 aliphatic rings. The van der Waals surface area contributed by atoms with Crippen LogP contribution in [0.2, 0.25) is 0 Å². The van der Waals surface area contributed by atoms with Crippen LogP contribution in [-0.4, -0.2) is 12.5 Å². The third kappa shape index (κ3) is 5.23. The minimum absolute atomic E-state index is 0.0851. The second-order valence-electron chi connectivity index (χ2n) is 6.74. The van der Waals surface area contributed by atoms with Crippen LogP contribution in [0.25, 0.3) is 0 Å². The minimum Gasteiger partial charge on any atom is -0.355 e. The molecule has 0 heterocycles. The van der Waals surface area contributed by atoms with Gasteiger partial charge in [0.2, 0.25) is 5.91 Å². The molecule has 2 heteroatoms. The Labute approximate surface area is 146 Å². The van der Waals surface area contributed by atoms with Gasteiger partial charge in [0.05, 0.1) is 5.92 Å². The van der Waals surface area contributed by atoms with Gasteiger partial charge in [-0.15, -0.1) is 0 Å². The molecule has 0 saturated heterocycles. The van der Waals surface area contributed by atoms with E-state index in [1.54, 1.807) is 0 Å². The molecule has 1 unspecified atom stereocenters. The molecule has 1 atom stereocenters. The molecule has 2 nitrogen and oxygen atoms in total. The molecule has 2 rings (SSSR count). The summed E-state index contributed by atoms with van der Waals surface area (Å²) in [5, 5.41) is 3.11. The average Bonchev–Trinajstić information content (AvgIpc) is 2.57. The Morgan fingerprint density at radius 1 is 0.917 bits per heavy atom. The first-order valence-electron chi connectivity index (χ1n) is 9.02. The summed E-state index contributed by atoms with van der Waals surface area (Å²) in [5.74, 6) is 0.317. The third-order valence-corrected chi connectivity index (χ3v) is 4.38. The Balaban J connectivity index is 1.89. The van der Waals surface area contributed by atoms with Crippen LogP contribution >= 0.6 is 0 Å². The number of carbonyl (C=O) groups is 1. The van der Waals surface area contributed by atoms with Crippen molar-refractivity contribution in [2.75, 3.05) is 6.54 Å². The van der Waals surface area contributed by atoms with Gasteiger partial charge < -0.3 is 5.32 Å². The number of carbonyl (C=O) groups excluding carboxylic acids is 1. The van der Waals surface area contributed by atoms with E-state index >= 15 is 0 Å². The van der Waals surface area contributed by atoms with Gasteiger partial charge in [-0.3, -0.25) is 4.79 Å². The molecule has 2 aromatic carbocycles. The van der Waals surface area contributed by atoms with Crippen molar-refractivity contribution in [3.05, 3.63) is 71.3 Å². The number of hydrogen-bond acceptors (Lipinski definition) is 1. The summed E-state index contributed by atoms with van der Waals surface area (Å²) in [7, 11) is 0. The van der Waals surface area contributed by atoms with E-state index in [9.17, 15) is 4.79 Å². The Morgan fingerprint density at radius 2 is 1.50 bits per heavy atom. The molecule has 0 aliphatic carbocycles. The fourth-order valence-corrected chi connectivity index (χ4v) is 3.10. The lowest BCUT2D eigenvalue weighted by Gasteiger charge is -2.20. The Hall–Kier alpha value is -2.09. The van der Waals surface area contributed by atoms with Gasteiger partial charge in [-0.25, -0.2) is 0 Å². The molecule has 1 N–H and O–H groups in total. The highest BCUT2D eigenvalue weighted by atomic mass is 16.1. The summed E-state index contributed by atoms with van der Waals surface area (Å²) >= 11 is 0. The summed E-state index contributed by atoms with van der Waals surface area (Å²) in [4.78, 5) is 12.6. The lowest BCUT2D eigenvalue weighted by Crippen LogP contribution is -2.33. The highest BCUT2D eigenvalue weighted by molar-refractivity contribution is 5.83. The molecule has 0 bridgehead atoms. The molecular weight excluding hydrogens is 294 g/mol. The second kappa shape index (κ2) is 9.27. The van der Waals surface area contributed by atoms with Gasteiger partial charge in [0, 0.05) is 6.54 Å². The Kier molecular flexibility index (Phi) is 7.05. The lowest BCUT2D eigenvalue weighted by molar-refractivity contribution is -0.123. The molecule has 0 radical (unpaired) electrons. The number of aryl methyl sites for hydroxylation is 1. The van der Waals surface area contributed by atoms with Gasteiger partial charge in [0.25, 0.3) is 0 Å². The fourth-order valence-electron chi connectivity index (χ4n) is 3.10. The summed E-state index contributed by atoms with van der Waals surface area (Å²) in [6.45, 7) is 7.08. The quantitative estimate of drug-likeness (QED) is 0.747. The number of rotatable bonds is 8. The van der Waals surface area contributed by atoms with E-state index in [-0.39, 0.29) is 17.7 Å². The van der Waals surface area contributed by atoms with Crippen molar-refractivity contribution in [1.82, 2.24) is 5.32 Å². The maximum Gasteiger partial charge on any atom is 0.227 e. The predicted molar refractivity (Wildman–Crippen MR) is 101 cm³/mol. The minimum atomic E-state index is -0.0851. The summed E-state index contributed by atoms with van der Waals surface area (Å²) in [6, 6.07) is 18.8. The first-order valence-corrected chi connectivity index (χ1v) is 9.02. The molecule has 0 spiro atoms. The van der Waals surface area contributed by atoms with Gasteiger partial charge >= 0.3 is 0 Å². The Bertz CT molecular complexity index is 616. The topological polar surface area (TPSA) is 29.1 Å². The van der Waals surface area contributed by atoms with Crippen LogP contribution in [0.5, 0.6) is 0 Å². The van der Waals surface area contributed by atoms with E-state index in [4.69, 9.17) is 0 Å². The van der Waals surface area contributed by atoms with E-state index in [0.717, 1.165) is 18.4 Å². The first-order chi connectivity index (χ1) is 11.6. The largest absolute Gasteiger partial charge is 0.355 e. The number of nitrogens with one attached hydrogen (secondary N) is 1. The maximum absolute atomic E-state index is 12.6. The van der Waals surface area contributed by atoms with Crippen LogP contribution in [0.15, 0.2) is 54.6 Å². The SMILES string of the molecule is CCCc1ccc(CCNC(=O)C(c2ccccc2)C(C)C)cc1. The normalized spacial score (nSPS) is 12.2. The summed E-state index contributed by atoms with van der Waals surface area (Å²) in [5.41, 5.74) is 3.75. The van der Waals surface area contributed by atoms with E-state index in [1.165, 1.54) is 17.5 Å². The highest BCUT2D eigenvalue weighted by Gasteiger charge is 2.23. The van der Waals surface area contributed by atoms with Crippen LogP contribution in [0, 0.1) is 5.92 Å². The Morgan fingerprint density at radius 3 is 2.04 bits per heavy atom. The number of benzene rings is 2. The molecule has 0 aromatic heterocycles. The van der Waals surface area contributed by atoms with Gasteiger partial charge in [0.1, 0.15) is 0 Å². The molecule has 2 aromatic rings. The predicted octanol–water partition coefficient (Wildman–Crippen LogP) is 4.74. The van der Waals surface area contributed by atoms with Crippen molar-refractivity contribution in [3.8, 4) is 0 Å². The molecule has 24 heavy (non-hydrogen) atoms. The van der Waals surface area contributed by atoms with Crippen molar-refractivity contribution in [2.24, 2.45) is 5.92 Å². The van der Waals surface area contributed by atoms with Gasteiger partial charge in [-0.2, -0.15) is 0 Å². The third-order valence-electron chi connectivity index (χ3n) is 4.38. The molecule has 128 valence electrons. The number of amides is 1. The number of hydrogen-bond donors (Lipinski definition) is 1. The van der Waals surface area contributed by atoms with Crippen molar-refractivity contribution in [2.45, 2.75) is 46.0 Å². The van der Waals surface area contributed by atoms with E-state index in [0.29, 0.717) is 6.54 Å². The standard InChI is InChI=1S/C22H29NO/c1-4-8-18-11-13-19(14-12-18)15-16-23-22(24)21(17(2)3)20-9-6-5-7-10-20/h5-7,9-14,17,21H,4,8,15-16H2,1-3H3,(H,23,24).